The van der Waals surface area contributed by atoms with E-state index in [9.17, 15) is 9.00 Å². The molecule has 6 heteroatoms. The SMILES string of the molecule is Cc1cc(S(=O)CC(=O)Nc2cccc(Br)c2)ccc1N. The average molecular weight is 367 g/mol. The molecule has 21 heavy (non-hydrogen) atoms. The molecule has 0 aromatic heterocycles. The Bertz CT molecular complexity index is 704. The van der Waals surface area contributed by atoms with Crippen molar-refractivity contribution in [3.05, 3.63) is 52.5 Å². The van der Waals surface area contributed by atoms with Gasteiger partial charge in [-0.3, -0.25) is 9.00 Å². The van der Waals surface area contributed by atoms with Gasteiger partial charge in [0.1, 0.15) is 5.75 Å². The first-order chi connectivity index (χ1) is 9.95. The van der Waals surface area contributed by atoms with Crippen molar-refractivity contribution < 1.29 is 9.00 Å². The first-order valence-corrected chi connectivity index (χ1v) is 8.37. The van der Waals surface area contributed by atoms with Crippen LogP contribution in [0.2, 0.25) is 0 Å². The Hall–Kier alpha value is -1.66. The van der Waals surface area contributed by atoms with Crippen LogP contribution in [0.4, 0.5) is 11.4 Å². The van der Waals surface area contributed by atoms with Gasteiger partial charge in [0.05, 0.1) is 10.8 Å². The number of nitrogens with two attached hydrogens (primary N) is 1. The van der Waals surface area contributed by atoms with Crippen LogP contribution in [0.25, 0.3) is 0 Å². The Balaban J connectivity index is 2.02. The van der Waals surface area contributed by atoms with E-state index in [4.69, 9.17) is 5.73 Å². The van der Waals surface area contributed by atoms with E-state index in [0.717, 1.165) is 10.0 Å². The summed E-state index contributed by atoms with van der Waals surface area (Å²) in [5.74, 6) is -0.378. The number of halogens is 1. The van der Waals surface area contributed by atoms with Crippen molar-refractivity contribution in [2.75, 3.05) is 16.8 Å². The second kappa shape index (κ2) is 6.87. The molecule has 4 nitrogen and oxygen atoms in total. The van der Waals surface area contributed by atoms with Gasteiger partial charge in [0.25, 0.3) is 0 Å². The zero-order chi connectivity index (χ0) is 15.4. The van der Waals surface area contributed by atoms with E-state index in [2.05, 4.69) is 21.2 Å². The molecule has 1 amide bonds. The number of benzene rings is 2. The molecule has 110 valence electrons. The van der Waals surface area contributed by atoms with Crippen molar-refractivity contribution in [2.24, 2.45) is 0 Å². The highest BCUT2D eigenvalue weighted by Gasteiger charge is 2.11. The van der Waals surface area contributed by atoms with E-state index in [-0.39, 0.29) is 11.7 Å². The lowest BCUT2D eigenvalue weighted by Gasteiger charge is -2.07. The van der Waals surface area contributed by atoms with Crippen molar-refractivity contribution >= 4 is 44.0 Å². The first kappa shape index (κ1) is 15.7. The Morgan fingerprint density at radius 2 is 2.05 bits per heavy atom. The monoisotopic (exact) mass is 366 g/mol. The molecule has 0 fully saturated rings. The molecule has 0 aliphatic carbocycles. The third kappa shape index (κ3) is 4.41. The van der Waals surface area contributed by atoms with Crippen LogP contribution in [0, 0.1) is 6.92 Å². The second-order valence-electron chi connectivity index (χ2n) is 4.57. The van der Waals surface area contributed by atoms with Crippen LogP contribution in [0.1, 0.15) is 5.56 Å². The van der Waals surface area contributed by atoms with E-state index >= 15 is 0 Å². The molecule has 0 heterocycles. The number of nitrogens with one attached hydrogen (secondary N) is 1. The predicted octanol–water partition coefficient (Wildman–Crippen LogP) is 3.09. The van der Waals surface area contributed by atoms with Crippen molar-refractivity contribution in [2.45, 2.75) is 11.8 Å². The number of amides is 1. The summed E-state index contributed by atoms with van der Waals surface area (Å²) in [7, 11) is -1.39. The average Bonchev–Trinajstić information content (AvgIpc) is 2.41. The quantitative estimate of drug-likeness (QED) is 0.816. The zero-order valence-electron chi connectivity index (χ0n) is 11.4. The number of hydrogen-bond acceptors (Lipinski definition) is 3. The van der Waals surface area contributed by atoms with Crippen LogP contribution in [0.5, 0.6) is 0 Å². The summed E-state index contributed by atoms with van der Waals surface area (Å²) in [5.41, 5.74) is 7.89. The van der Waals surface area contributed by atoms with Crippen LogP contribution < -0.4 is 11.1 Å². The smallest absolute Gasteiger partial charge is 0.237 e. The lowest BCUT2D eigenvalue weighted by molar-refractivity contribution is -0.113. The minimum atomic E-state index is -1.39. The van der Waals surface area contributed by atoms with Crippen LogP contribution >= 0.6 is 15.9 Å². The minimum absolute atomic E-state index is 0.0874. The number of hydrogen-bond donors (Lipinski definition) is 2. The van der Waals surface area contributed by atoms with Gasteiger partial charge in [-0.25, -0.2) is 0 Å². The zero-order valence-corrected chi connectivity index (χ0v) is 13.8. The maximum absolute atomic E-state index is 12.2. The van der Waals surface area contributed by atoms with E-state index in [0.29, 0.717) is 16.3 Å². The Kier molecular flexibility index (Phi) is 5.14. The van der Waals surface area contributed by atoms with Gasteiger partial charge in [-0.1, -0.05) is 22.0 Å². The van der Waals surface area contributed by atoms with Gasteiger partial charge in [-0.05, 0) is 48.9 Å². The summed E-state index contributed by atoms with van der Waals surface area (Å²) < 4.78 is 13.0. The number of carbonyl (C=O) groups excluding carboxylic acids is 1. The highest BCUT2D eigenvalue weighted by molar-refractivity contribution is 9.10. The molecule has 0 bridgehead atoms. The molecule has 0 radical (unpaired) electrons. The van der Waals surface area contributed by atoms with Gasteiger partial charge in [0.2, 0.25) is 5.91 Å². The molecule has 2 rings (SSSR count). The molecule has 1 atom stereocenters. The number of anilines is 2. The summed E-state index contributed by atoms with van der Waals surface area (Å²) in [4.78, 5) is 12.5. The van der Waals surface area contributed by atoms with Crippen LogP contribution in [0.3, 0.4) is 0 Å². The van der Waals surface area contributed by atoms with Crippen molar-refractivity contribution in [1.82, 2.24) is 0 Å². The van der Waals surface area contributed by atoms with Gasteiger partial charge >= 0.3 is 0 Å². The Labute approximate surface area is 134 Å². The van der Waals surface area contributed by atoms with Crippen molar-refractivity contribution in [1.29, 1.82) is 0 Å². The summed E-state index contributed by atoms with van der Waals surface area (Å²) in [6.45, 7) is 1.84. The molecule has 1 unspecified atom stereocenters. The van der Waals surface area contributed by atoms with Crippen LogP contribution in [-0.4, -0.2) is 15.9 Å². The van der Waals surface area contributed by atoms with E-state index < -0.39 is 10.8 Å². The molecule has 2 aromatic carbocycles. The third-order valence-electron chi connectivity index (χ3n) is 2.87. The summed E-state index contributed by atoms with van der Waals surface area (Å²) in [6.07, 6.45) is 0. The summed E-state index contributed by atoms with van der Waals surface area (Å²) >= 11 is 3.33. The van der Waals surface area contributed by atoms with E-state index in [1.807, 2.05) is 19.1 Å². The Morgan fingerprint density at radius 3 is 2.71 bits per heavy atom. The molecular weight excluding hydrogens is 352 g/mol. The predicted molar refractivity (Wildman–Crippen MR) is 89.6 cm³/mol. The van der Waals surface area contributed by atoms with Gasteiger partial charge in [0.15, 0.2) is 0 Å². The highest BCUT2D eigenvalue weighted by Crippen LogP contribution is 2.17. The fourth-order valence-corrected chi connectivity index (χ4v) is 3.16. The first-order valence-electron chi connectivity index (χ1n) is 6.25. The highest BCUT2D eigenvalue weighted by atomic mass is 79.9. The maximum atomic E-state index is 12.2. The standard InChI is InChI=1S/C15H15BrN2O2S/c1-10-7-13(5-6-14(10)17)21(20)9-15(19)18-12-4-2-3-11(16)8-12/h2-8H,9,17H2,1H3,(H,18,19). The maximum Gasteiger partial charge on any atom is 0.237 e. The second-order valence-corrected chi connectivity index (χ2v) is 6.93. The number of aryl methyl sites for hydroxylation is 1. The third-order valence-corrected chi connectivity index (χ3v) is 4.67. The number of nitrogen functional groups attached to an aromatic ring is 1. The molecular formula is C15H15BrN2O2S. The van der Waals surface area contributed by atoms with Gasteiger partial charge in [-0.2, -0.15) is 0 Å². The van der Waals surface area contributed by atoms with E-state index in [1.54, 1.807) is 30.3 Å². The number of rotatable bonds is 4. The summed E-state index contributed by atoms with van der Waals surface area (Å²) in [6, 6.07) is 12.4. The van der Waals surface area contributed by atoms with Crippen molar-refractivity contribution in [3.63, 3.8) is 0 Å². The normalized spacial score (nSPS) is 11.9. The molecule has 2 aromatic rings. The van der Waals surface area contributed by atoms with Gasteiger partial charge in [-0.15, -0.1) is 0 Å². The minimum Gasteiger partial charge on any atom is -0.399 e. The fraction of sp³-hybridized carbons (Fsp3) is 0.133. The fourth-order valence-electron chi connectivity index (χ4n) is 1.76. The number of carbonyl (C=O) groups is 1. The van der Waals surface area contributed by atoms with Gasteiger partial charge in [0, 0.05) is 20.7 Å². The Morgan fingerprint density at radius 1 is 1.29 bits per heavy atom. The van der Waals surface area contributed by atoms with Crippen LogP contribution in [0.15, 0.2) is 51.8 Å². The molecule has 0 saturated heterocycles. The van der Waals surface area contributed by atoms with E-state index in [1.165, 1.54) is 0 Å². The van der Waals surface area contributed by atoms with Crippen molar-refractivity contribution in [3.8, 4) is 0 Å². The molecule has 0 aliphatic rings. The molecule has 0 spiro atoms. The van der Waals surface area contributed by atoms with Gasteiger partial charge < -0.3 is 11.1 Å². The molecule has 0 saturated carbocycles. The summed E-state index contributed by atoms with van der Waals surface area (Å²) in [5, 5.41) is 2.72. The van der Waals surface area contributed by atoms with Crippen LogP contribution in [-0.2, 0) is 15.6 Å². The molecule has 0 aliphatic heterocycles. The largest absolute Gasteiger partial charge is 0.399 e. The molecule has 3 N–H and O–H groups in total. The topological polar surface area (TPSA) is 72.2 Å². The lowest BCUT2D eigenvalue weighted by atomic mass is 10.2. The lowest BCUT2D eigenvalue weighted by Crippen LogP contribution is -2.19.